The number of nitrogens with two attached hydrogens (primary N) is 1. The molecule has 0 saturated carbocycles. The van der Waals surface area contributed by atoms with Crippen LogP contribution in [-0.4, -0.2) is 29.0 Å². The van der Waals surface area contributed by atoms with Crippen LogP contribution in [0.2, 0.25) is 0 Å². The summed E-state index contributed by atoms with van der Waals surface area (Å²) in [5.41, 5.74) is 7.36. The van der Waals surface area contributed by atoms with Gasteiger partial charge in [-0.05, 0) is 18.2 Å². The summed E-state index contributed by atoms with van der Waals surface area (Å²) in [6, 6.07) is 5.25. The van der Waals surface area contributed by atoms with Crippen LogP contribution in [0.3, 0.4) is 0 Å². The molecule has 1 aromatic carbocycles. The summed E-state index contributed by atoms with van der Waals surface area (Å²) in [5.74, 6) is -0.135. The van der Waals surface area contributed by atoms with Gasteiger partial charge in [-0.2, -0.15) is 0 Å². The van der Waals surface area contributed by atoms with Crippen molar-refractivity contribution in [1.29, 1.82) is 0 Å². The zero-order valence-electron chi connectivity index (χ0n) is 9.84. The van der Waals surface area contributed by atoms with Crippen LogP contribution in [0.1, 0.15) is 10.4 Å². The Morgan fingerprint density at radius 1 is 1.22 bits per heavy atom. The maximum Gasteiger partial charge on any atom is 0.251 e. The second-order valence-corrected chi connectivity index (χ2v) is 3.68. The van der Waals surface area contributed by atoms with E-state index >= 15 is 0 Å². The van der Waals surface area contributed by atoms with Gasteiger partial charge < -0.3 is 11.1 Å². The Kier molecular flexibility index (Phi) is 3.98. The molecular formula is C13H14N4O. The van der Waals surface area contributed by atoms with Crippen LogP contribution in [0.15, 0.2) is 42.7 Å². The minimum Gasteiger partial charge on any atom is -0.349 e. The number of nitrogens with one attached hydrogen (secondary N) is 1. The van der Waals surface area contributed by atoms with Crippen LogP contribution in [0.5, 0.6) is 0 Å². The highest BCUT2D eigenvalue weighted by molar-refractivity contribution is 5.97. The van der Waals surface area contributed by atoms with Gasteiger partial charge in [-0.15, -0.1) is 0 Å². The van der Waals surface area contributed by atoms with Crippen molar-refractivity contribution in [2.75, 3.05) is 13.1 Å². The molecule has 1 amide bonds. The second-order valence-electron chi connectivity index (χ2n) is 3.68. The SMILES string of the molecule is NC/C=C/CNC(=O)c1ccc2nccnc2c1. The van der Waals surface area contributed by atoms with E-state index in [4.69, 9.17) is 5.73 Å². The Morgan fingerprint density at radius 3 is 2.78 bits per heavy atom. The first-order valence-corrected chi connectivity index (χ1v) is 5.65. The fraction of sp³-hybridized carbons (Fsp3) is 0.154. The normalized spacial score (nSPS) is 10.9. The van der Waals surface area contributed by atoms with Crippen LogP contribution in [0.4, 0.5) is 0 Å². The summed E-state index contributed by atoms with van der Waals surface area (Å²) in [4.78, 5) is 20.1. The van der Waals surface area contributed by atoms with Crippen molar-refractivity contribution < 1.29 is 4.79 Å². The number of benzene rings is 1. The highest BCUT2D eigenvalue weighted by atomic mass is 16.1. The largest absolute Gasteiger partial charge is 0.349 e. The van der Waals surface area contributed by atoms with Crippen molar-refractivity contribution in [3.63, 3.8) is 0 Å². The van der Waals surface area contributed by atoms with Crippen molar-refractivity contribution in [2.45, 2.75) is 0 Å². The number of carbonyl (C=O) groups excluding carboxylic acids is 1. The Hall–Kier alpha value is -2.27. The summed E-state index contributed by atoms with van der Waals surface area (Å²) in [6.07, 6.45) is 6.85. The number of rotatable bonds is 4. The first-order chi connectivity index (χ1) is 8.81. The summed E-state index contributed by atoms with van der Waals surface area (Å²) in [5, 5.41) is 2.77. The first-order valence-electron chi connectivity index (χ1n) is 5.65. The number of nitrogens with zero attached hydrogens (tertiary/aromatic N) is 2. The van der Waals surface area contributed by atoms with Gasteiger partial charge in [0.1, 0.15) is 0 Å². The molecule has 5 heteroatoms. The third kappa shape index (κ3) is 2.89. The van der Waals surface area contributed by atoms with Gasteiger partial charge in [-0.25, -0.2) is 0 Å². The molecule has 5 nitrogen and oxygen atoms in total. The monoisotopic (exact) mass is 242 g/mol. The van der Waals surface area contributed by atoms with Gasteiger partial charge in [-0.1, -0.05) is 12.2 Å². The van der Waals surface area contributed by atoms with Gasteiger partial charge in [0.15, 0.2) is 0 Å². The molecule has 0 aliphatic carbocycles. The molecule has 0 aliphatic heterocycles. The van der Waals surface area contributed by atoms with Gasteiger partial charge in [0.05, 0.1) is 11.0 Å². The molecule has 0 spiro atoms. The van der Waals surface area contributed by atoms with Gasteiger partial charge in [0, 0.05) is 31.0 Å². The van der Waals surface area contributed by atoms with Gasteiger partial charge in [0.25, 0.3) is 5.91 Å². The van der Waals surface area contributed by atoms with E-state index in [1.807, 2.05) is 6.08 Å². The molecule has 0 saturated heterocycles. The quantitative estimate of drug-likeness (QED) is 0.780. The van der Waals surface area contributed by atoms with E-state index in [1.165, 1.54) is 0 Å². The Balaban J connectivity index is 2.10. The van der Waals surface area contributed by atoms with E-state index in [1.54, 1.807) is 36.7 Å². The van der Waals surface area contributed by atoms with Gasteiger partial charge in [0.2, 0.25) is 0 Å². The number of hydrogen-bond acceptors (Lipinski definition) is 4. The molecule has 2 rings (SSSR count). The van der Waals surface area contributed by atoms with Crippen molar-refractivity contribution in [1.82, 2.24) is 15.3 Å². The van der Waals surface area contributed by atoms with Crippen molar-refractivity contribution in [3.8, 4) is 0 Å². The number of carbonyl (C=O) groups is 1. The predicted molar refractivity (Wildman–Crippen MR) is 70.1 cm³/mol. The summed E-state index contributed by atoms with van der Waals surface area (Å²) in [7, 11) is 0. The molecule has 1 heterocycles. The smallest absolute Gasteiger partial charge is 0.251 e. The minimum absolute atomic E-state index is 0.135. The molecular weight excluding hydrogens is 228 g/mol. The van der Waals surface area contributed by atoms with Crippen LogP contribution in [-0.2, 0) is 0 Å². The molecule has 0 aliphatic rings. The Bertz CT molecular complexity index is 580. The predicted octanol–water partition coefficient (Wildman–Crippen LogP) is 0.874. The molecule has 0 unspecified atom stereocenters. The lowest BCUT2D eigenvalue weighted by Crippen LogP contribution is -2.23. The minimum atomic E-state index is -0.135. The highest BCUT2D eigenvalue weighted by Crippen LogP contribution is 2.10. The zero-order valence-corrected chi connectivity index (χ0v) is 9.84. The number of amides is 1. The van der Waals surface area contributed by atoms with E-state index in [0.29, 0.717) is 24.2 Å². The topological polar surface area (TPSA) is 80.9 Å². The van der Waals surface area contributed by atoms with Crippen molar-refractivity contribution in [2.24, 2.45) is 5.73 Å². The second kappa shape index (κ2) is 5.88. The van der Waals surface area contributed by atoms with E-state index in [9.17, 15) is 4.79 Å². The van der Waals surface area contributed by atoms with E-state index in [-0.39, 0.29) is 5.91 Å². The van der Waals surface area contributed by atoms with Crippen molar-refractivity contribution >= 4 is 16.9 Å². The maximum atomic E-state index is 11.8. The standard InChI is InChI=1S/C13H14N4O/c14-5-1-2-6-17-13(18)10-3-4-11-12(9-10)16-8-7-15-11/h1-4,7-9H,5-6,14H2,(H,17,18)/b2-1+. The number of aromatic nitrogens is 2. The number of hydrogen-bond donors (Lipinski definition) is 2. The Morgan fingerprint density at radius 2 is 2.00 bits per heavy atom. The van der Waals surface area contributed by atoms with E-state index in [2.05, 4.69) is 15.3 Å². The zero-order chi connectivity index (χ0) is 12.8. The molecule has 1 aromatic heterocycles. The average Bonchev–Trinajstić information content (AvgIpc) is 2.43. The van der Waals surface area contributed by atoms with E-state index < -0.39 is 0 Å². The lowest BCUT2D eigenvalue weighted by Gasteiger charge is -2.03. The third-order valence-corrected chi connectivity index (χ3v) is 2.41. The average molecular weight is 242 g/mol. The molecule has 2 aromatic rings. The fourth-order valence-corrected chi connectivity index (χ4v) is 1.54. The summed E-state index contributed by atoms with van der Waals surface area (Å²) < 4.78 is 0. The molecule has 18 heavy (non-hydrogen) atoms. The summed E-state index contributed by atoms with van der Waals surface area (Å²) >= 11 is 0. The molecule has 0 atom stereocenters. The van der Waals surface area contributed by atoms with Crippen LogP contribution in [0.25, 0.3) is 11.0 Å². The molecule has 0 radical (unpaired) electrons. The molecule has 92 valence electrons. The molecule has 3 N–H and O–H groups in total. The lowest BCUT2D eigenvalue weighted by atomic mass is 10.2. The van der Waals surface area contributed by atoms with Crippen molar-refractivity contribution in [3.05, 3.63) is 48.3 Å². The Labute approximate surface area is 105 Å². The lowest BCUT2D eigenvalue weighted by molar-refractivity contribution is 0.0958. The summed E-state index contributed by atoms with van der Waals surface area (Å²) in [6.45, 7) is 0.940. The van der Waals surface area contributed by atoms with E-state index in [0.717, 1.165) is 5.52 Å². The van der Waals surface area contributed by atoms with Crippen LogP contribution in [0, 0.1) is 0 Å². The van der Waals surface area contributed by atoms with Crippen LogP contribution < -0.4 is 11.1 Å². The highest BCUT2D eigenvalue weighted by Gasteiger charge is 2.05. The van der Waals surface area contributed by atoms with Gasteiger partial charge >= 0.3 is 0 Å². The fourth-order valence-electron chi connectivity index (χ4n) is 1.54. The number of fused-ring (bicyclic) bond motifs is 1. The third-order valence-electron chi connectivity index (χ3n) is 2.41. The van der Waals surface area contributed by atoms with Gasteiger partial charge in [-0.3, -0.25) is 14.8 Å². The maximum absolute atomic E-state index is 11.8. The first kappa shape index (κ1) is 12.2. The van der Waals surface area contributed by atoms with Crippen LogP contribution >= 0.6 is 0 Å². The molecule has 0 bridgehead atoms. The molecule has 0 fully saturated rings.